The average molecular weight is 392 g/mol. The second kappa shape index (κ2) is 7.76. The van der Waals surface area contributed by atoms with Gasteiger partial charge in [-0.15, -0.1) is 0 Å². The number of nitrogens with one attached hydrogen (secondary N) is 1. The normalized spacial score (nSPS) is 12.4. The average Bonchev–Trinajstić information content (AvgIpc) is 2.54. The predicted octanol–water partition coefficient (Wildman–Crippen LogP) is 4.79. The Morgan fingerprint density at radius 3 is 2.20 bits per heavy atom. The van der Waals surface area contributed by atoms with Crippen molar-refractivity contribution in [3.05, 3.63) is 64.2 Å². The molecule has 0 saturated heterocycles. The van der Waals surface area contributed by atoms with Crippen molar-refractivity contribution in [2.24, 2.45) is 0 Å². The molecule has 0 atom stereocenters. The van der Waals surface area contributed by atoms with Crippen molar-refractivity contribution < 1.29 is 21.6 Å². The summed E-state index contributed by atoms with van der Waals surface area (Å²) in [5, 5.41) is -0.425. The van der Waals surface area contributed by atoms with E-state index in [1.54, 1.807) is 12.1 Å². The third-order valence-corrected chi connectivity index (χ3v) is 5.32. The highest BCUT2D eigenvalue weighted by Crippen LogP contribution is 2.35. The van der Waals surface area contributed by atoms with Crippen molar-refractivity contribution in [3.8, 4) is 0 Å². The lowest BCUT2D eigenvalue weighted by Gasteiger charge is -2.12. The molecule has 0 bridgehead atoms. The second-order valence-electron chi connectivity index (χ2n) is 5.53. The number of halogens is 4. The van der Waals surface area contributed by atoms with Gasteiger partial charge in [-0.05, 0) is 41.8 Å². The lowest BCUT2D eigenvalue weighted by atomic mass is 10.1. The zero-order valence-electron chi connectivity index (χ0n) is 13.4. The summed E-state index contributed by atoms with van der Waals surface area (Å²) in [7, 11) is -3.81. The number of rotatable bonds is 6. The van der Waals surface area contributed by atoms with Crippen molar-refractivity contribution in [2.45, 2.75) is 37.4 Å². The molecule has 0 aromatic heterocycles. The standard InChI is InChI=1S/C17H17ClF3NO2S/c1-2-3-12-4-7-14(8-5-12)25(23,24)22-11-13-6-9-16(18)15(10-13)17(19,20)21/h4-10,22H,2-3,11H2,1H3. The monoisotopic (exact) mass is 391 g/mol. The topological polar surface area (TPSA) is 46.2 Å². The molecule has 0 radical (unpaired) electrons. The van der Waals surface area contributed by atoms with Crippen molar-refractivity contribution >= 4 is 21.6 Å². The number of alkyl halides is 3. The maximum Gasteiger partial charge on any atom is 0.417 e. The van der Waals surface area contributed by atoms with Crippen LogP contribution in [0.3, 0.4) is 0 Å². The van der Waals surface area contributed by atoms with Crippen molar-refractivity contribution in [1.29, 1.82) is 0 Å². The zero-order valence-corrected chi connectivity index (χ0v) is 15.0. The zero-order chi connectivity index (χ0) is 18.7. The first-order valence-corrected chi connectivity index (χ1v) is 9.44. The molecule has 0 saturated carbocycles. The van der Waals surface area contributed by atoms with E-state index < -0.39 is 26.8 Å². The molecular weight excluding hydrogens is 375 g/mol. The molecule has 2 rings (SSSR count). The Morgan fingerprint density at radius 1 is 1.04 bits per heavy atom. The van der Waals surface area contributed by atoms with Crippen molar-refractivity contribution in [2.75, 3.05) is 0 Å². The Bertz CT molecular complexity index is 834. The highest BCUT2D eigenvalue weighted by atomic mass is 35.5. The van der Waals surface area contributed by atoms with Gasteiger partial charge in [0.05, 0.1) is 15.5 Å². The third-order valence-electron chi connectivity index (χ3n) is 3.57. The minimum absolute atomic E-state index is 0.0670. The van der Waals surface area contributed by atoms with Crippen LogP contribution in [0.4, 0.5) is 13.2 Å². The molecule has 0 aliphatic carbocycles. The molecule has 8 heteroatoms. The summed E-state index contributed by atoms with van der Waals surface area (Å²) >= 11 is 5.55. The number of benzene rings is 2. The van der Waals surface area contributed by atoms with E-state index in [1.165, 1.54) is 18.2 Å². The van der Waals surface area contributed by atoms with Gasteiger partial charge in [-0.3, -0.25) is 0 Å². The van der Waals surface area contributed by atoms with Gasteiger partial charge in [-0.25, -0.2) is 13.1 Å². The SMILES string of the molecule is CCCc1ccc(S(=O)(=O)NCc2ccc(Cl)c(C(F)(F)F)c2)cc1. The number of hydrogen-bond donors (Lipinski definition) is 1. The molecule has 2 aromatic rings. The first kappa shape index (κ1) is 19.8. The van der Waals surface area contributed by atoms with E-state index in [-0.39, 0.29) is 17.0 Å². The molecule has 1 N–H and O–H groups in total. The van der Waals surface area contributed by atoms with Gasteiger partial charge < -0.3 is 0 Å². The van der Waals surface area contributed by atoms with Gasteiger partial charge in [0.15, 0.2) is 0 Å². The largest absolute Gasteiger partial charge is 0.417 e. The maximum atomic E-state index is 12.8. The van der Waals surface area contributed by atoms with Crippen LogP contribution in [-0.2, 0) is 29.2 Å². The molecule has 0 fully saturated rings. The minimum atomic E-state index is -4.60. The molecular formula is C17H17ClF3NO2S. The fraction of sp³-hybridized carbons (Fsp3) is 0.294. The van der Waals surface area contributed by atoms with Crippen LogP contribution in [0.5, 0.6) is 0 Å². The van der Waals surface area contributed by atoms with E-state index in [1.807, 2.05) is 6.92 Å². The minimum Gasteiger partial charge on any atom is -0.207 e. The number of sulfonamides is 1. The Labute approximate surface area is 149 Å². The van der Waals surface area contributed by atoms with Crippen molar-refractivity contribution in [1.82, 2.24) is 4.72 Å². The van der Waals surface area contributed by atoms with Crippen LogP contribution in [0.25, 0.3) is 0 Å². The van der Waals surface area contributed by atoms with E-state index in [2.05, 4.69) is 4.72 Å². The number of hydrogen-bond acceptors (Lipinski definition) is 2. The van der Waals surface area contributed by atoms with Crippen LogP contribution >= 0.6 is 11.6 Å². The van der Waals surface area contributed by atoms with E-state index in [4.69, 9.17) is 11.6 Å². The first-order valence-electron chi connectivity index (χ1n) is 7.57. The fourth-order valence-corrected chi connectivity index (χ4v) is 3.53. The molecule has 0 aliphatic rings. The molecule has 136 valence electrons. The molecule has 0 spiro atoms. The molecule has 2 aromatic carbocycles. The lowest BCUT2D eigenvalue weighted by Crippen LogP contribution is -2.23. The lowest BCUT2D eigenvalue weighted by molar-refractivity contribution is -0.137. The van der Waals surface area contributed by atoms with E-state index >= 15 is 0 Å². The van der Waals surface area contributed by atoms with Gasteiger partial charge in [-0.1, -0.05) is 43.1 Å². The van der Waals surface area contributed by atoms with Crippen LogP contribution in [0, 0.1) is 0 Å². The smallest absolute Gasteiger partial charge is 0.207 e. The van der Waals surface area contributed by atoms with Gasteiger partial charge >= 0.3 is 6.18 Å². The van der Waals surface area contributed by atoms with Crippen LogP contribution in [0.2, 0.25) is 5.02 Å². The summed E-state index contributed by atoms with van der Waals surface area (Å²) in [6.45, 7) is 1.76. The van der Waals surface area contributed by atoms with Crippen LogP contribution in [-0.4, -0.2) is 8.42 Å². The van der Waals surface area contributed by atoms with Gasteiger partial charge in [0.2, 0.25) is 10.0 Å². The van der Waals surface area contributed by atoms with E-state index in [0.29, 0.717) is 0 Å². The summed E-state index contributed by atoms with van der Waals surface area (Å²) in [6.07, 6.45) is -2.80. The Balaban J connectivity index is 2.14. The van der Waals surface area contributed by atoms with E-state index in [9.17, 15) is 21.6 Å². The van der Waals surface area contributed by atoms with Gasteiger partial charge in [0.25, 0.3) is 0 Å². The van der Waals surface area contributed by atoms with Gasteiger partial charge in [-0.2, -0.15) is 13.2 Å². The summed E-state index contributed by atoms with van der Waals surface area (Å²) < 4.78 is 65.4. The third kappa shape index (κ3) is 5.20. The molecule has 0 amide bonds. The fourth-order valence-electron chi connectivity index (χ4n) is 2.29. The summed E-state index contributed by atoms with van der Waals surface area (Å²) in [5.41, 5.74) is 0.201. The van der Waals surface area contributed by atoms with Crippen LogP contribution in [0.15, 0.2) is 47.4 Å². The molecule has 0 aliphatic heterocycles. The van der Waals surface area contributed by atoms with Gasteiger partial charge in [0.1, 0.15) is 0 Å². The molecule has 0 unspecified atom stereocenters. The quantitative estimate of drug-likeness (QED) is 0.769. The predicted molar refractivity (Wildman–Crippen MR) is 90.9 cm³/mol. The van der Waals surface area contributed by atoms with Crippen molar-refractivity contribution in [3.63, 3.8) is 0 Å². The summed E-state index contributed by atoms with van der Waals surface area (Å²) in [4.78, 5) is 0.0670. The van der Waals surface area contributed by atoms with Crippen LogP contribution < -0.4 is 4.72 Å². The first-order chi connectivity index (χ1) is 11.6. The Hall–Kier alpha value is -1.57. The van der Waals surface area contributed by atoms with Gasteiger partial charge in [0, 0.05) is 6.54 Å². The summed E-state index contributed by atoms with van der Waals surface area (Å²) in [5.74, 6) is 0. The number of aryl methyl sites for hydroxylation is 1. The van der Waals surface area contributed by atoms with E-state index in [0.717, 1.165) is 30.5 Å². The summed E-state index contributed by atoms with van der Waals surface area (Å²) in [6, 6.07) is 9.71. The Morgan fingerprint density at radius 2 is 1.64 bits per heavy atom. The molecule has 3 nitrogen and oxygen atoms in total. The highest BCUT2D eigenvalue weighted by Gasteiger charge is 2.33. The molecule has 0 heterocycles. The van der Waals surface area contributed by atoms with Crippen LogP contribution in [0.1, 0.15) is 30.0 Å². The second-order valence-corrected chi connectivity index (χ2v) is 7.70. The maximum absolute atomic E-state index is 12.8. The molecule has 25 heavy (non-hydrogen) atoms. The highest BCUT2D eigenvalue weighted by molar-refractivity contribution is 7.89. The Kier molecular flexibility index (Phi) is 6.13.